The second-order valence-corrected chi connectivity index (χ2v) is 10.9. The van der Waals surface area contributed by atoms with Crippen LogP contribution >= 0.6 is 27.7 Å². The van der Waals surface area contributed by atoms with E-state index >= 15 is 0 Å². The summed E-state index contributed by atoms with van der Waals surface area (Å²) in [6, 6.07) is 14.1. The quantitative estimate of drug-likeness (QED) is 0.537. The first kappa shape index (κ1) is 19.2. The van der Waals surface area contributed by atoms with E-state index in [0.29, 0.717) is 12.0 Å². The summed E-state index contributed by atoms with van der Waals surface area (Å²) in [6.45, 7) is 4.83. The number of nitrogens with one attached hydrogen (secondary N) is 1. The number of piperidine rings is 1. The van der Waals surface area contributed by atoms with Crippen LogP contribution in [0.4, 0.5) is 5.69 Å². The summed E-state index contributed by atoms with van der Waals surface area (Å²) in [5.74, 6) is 1.94. The van der Waals surface area contributed by atoms with E-state index in [2.05, 4.69) is 84.1 Å². The summed E-state index contributed by atoms with van der Waals surface area (Å²) >= 11 is 5.60. The number of rotatable bonds is 4. The molecule has 4 nitrogen and oxygen atoms in total. The van der Waals surface area contributed by atoms with E-state index in [1.165, 1.54) is 60.6 Å². The number of hydrogen-bond donors (Lipinski definition) is 1. The van der Waals surface area contributed by atoms with Gasteiger partial charge in [-0.25, -0.2) is 0 Å². The van der Waals surface area contributed by atoms with Gasteiger partial charge in [0.05, 0.1) is 16.9 Å². The third kappa shape index (κ3) is 3.28. The van der Waals surface area contributed by atoms with E-state index < -0.39 is 0 Å². The Kier molecular flexibility index (Phi) is 5.05. The second kappa shape index (κ2) is 7.88. The molecule has 3 aromatic rings. The lowest BCUT2D eigenvalue weighted by Crippen LogP contribution is -2.46. The summed E-state index contributed by atoms with van der Waals surface area (Å²) in [7, 11) is 0. The third-order valence-corrected chi connectivity index (χ3v) is 8.70. The number of anilines is 1. The van der Waals surface area contributed by atoms with Crippen LogP contribution in [0.2, 0.25) is 0 Å². The summed E-state index contributed by atoms with van der Waals surface area (Å²) < 4.78 is 1.10. The van der Waals surface area contributed by atoms with Crippen molar-refractivity contribution in [3.05, 3.63) is 52.1 Å². The Hall–Kier alpha value is -1.50. The number of aryl methyl sites for hydroxylation is 1. The van der Waals surface area contributed by atoms with Crippen molar-refractivity contribution in [3.63, 3.8) is 0 Å². The van der Waals surface area contributed by atoms with Crippen molar-refractivity contribution in [3.8, 4) is 0 Å². The molecule has 0 bridgehead atoms. The van der Waals surface area contributed by atoms with Crippen LogP contribution in [0.15, 0.2) is 45.8 Å². The number of aromatic amines is 1. The van der Waals surface area contributed by atoms with Gasteiger partial charge in [-0.15, -0.1) is 11.8 Å². The molecule has 2 aromatic carbocycles. The number of H-pyrrole nitrogens is 1. The predicted octanol–water partition coefficient (Wildman–Crippen LogP) is 5.43. The largest absolute Gasteiger partial charge is 0.367 e. The number of aromatic nitrogens is 2. The van der Waals surface area contributed by atoms with Crippen molar-refractivity contribution < 1.29 is 0 Å². The number of fused-ring (bicyclic) bond motifs is 4. The molecule has 0 amide bonds. The first-order chi connectivity index (χ1) is 14.8. The molecule has 0 saturated carbocycles. The van der Waals surface area contributed by atoms with E-state index in [4.69, 9.17) is 0 Å². The first-order valence-electron chi connectivity index (χ1n) is 11.1. The number of thioether (sulfide) groups is 1. The average Bonchev–Trinajstić information content (AvgIpc) is 3.21. The molecule has 156 valence electrons. The molecule has 1 N–H and O–H groups in total. The summed E-state index contributed by atoms with van der Waals surface area (Å²) in [4.78, 5) is 6.98. The number of hydrogen-bond acceptors (Lipinski definition) is 4. The maximum absolute atomic E-state index is 4.58. The maximum atomic E-state index is 4.58. The molecule has 3 aliphatic rings. The lowest BCUT2D eigenvalue weighted by Gasteiger charge is -2.39. The van der Waals surface area contributed by atoms with Crippen LogP contribution in [-0.4, -0.2) is 53.1 Å². The van der Waals surface area contributed by atoms with Gasteiger partial charge >= 0.3 is 0 Å². The van der Waals surface area contributed by atoms with Crippen molar-refractivity contribution >= 4 is 44.3 Å². The van der Waals surface area contributed by atoms with Crippen LogP contribution in [-0.2, 0) is 6.42 Å². The first-order valence-corrected chi connectivity index (χ1v) is 12.9. The van der Waals surface area contributed by atoms with Crippen molar-refractivity contribution in [2.75, 3.05) is 36.8 Å². The van der Waals surface area contributed by atoms with E-state index in [-0.39, 0.29) is 0 Å². The van der Waals surface area contributed by atoms with Crippen LogP contribution in [0.25, 0.3) is 10.9 Å². The molecule has 1 saturated heterocycles. The number of likely N-dealkylation sites (tertiary alicyclic amines) is 1. The minimum absolute atomic E-state index is 0.677. The predicted molar refractivity (Wildman–Crippen MR) is 129 cm³/mol. The number of benzene rings is 2. The monoisotopic (exact) mass is 482 g/mol. The molecular formula is C24H27BrN4S. The van der Waals surface area contributed by atoms with Gasteiger partial charge in [0, 0.05) is 46.3 Å². The highest BCUT2D eigenvalue weighted by Gasteiger charge is 2.43. The van der Waals surface area contributed by atoms with Crippen LogP contribution in [0.1, 0.15) is 36.4 Å². The molecule has 2 atom stereocenters. The van der Waals surface area contributed by atoms with E-state index in [1.54, 1.807) is 11.3 Å². The second-order valence-electron chi connectivity index (χ2n) is 8.82. The Bertz CT molecular complexity index is 1080. The third-order valence-electron chi connectivity index (χ3n) is 7.07. The summed E-state index contributed by atoms with van der Waals surface area (Å²) in [5.41, 5.74) is 5.51. The molecule has 0 spiro atoms. The number of para-hydroxylation sites is 1. The normalized spacial score (nSPS) is 23.4. The Morgan fingerprint density at radius 3 is 3.13 bits per heavy atom. The zero-order valence-electron chi connectivity index (χ0n) is 17.1. The number of nitrogens with zero attached hydrogens (tertiary/aromatic N) is 3. The average molecular weight is 483 g/mol. The Morgan fingerprint density at radius 1 is 1.20 bits per heavy atom. The smallest absolute Gasteiger partial charge is 0.0701 e. The zero-order valence-corrected chi connectivity index (χ0v) is 19.5. The standard InChI is InChI=1S/C24H27BrN4S/c25-16-7-8-18-20(26-27-21(18)14-16)5-2-10-28-12-9-22-19(15-28)17-4-1-6-23-24(17)29(22)11-3-13-30-23/h1,4,6-8,14,19,22H,2-3,5,9-13,15H2,(H,26,27)/t19-,22-/m0/s1. The van der Waals surface area contributed by atoms with E-state index in [1.807, 2.05) is 0 Å². The zero-order chi connectivity index (χ0) is 20.1. The number of halogens is 1. The molecule has 6 rings (SSSR count). The molecule has 0 aliphatic carbocycles. The molecule has 4 heterocycles. The topological polar surface area (TPSA) is 35.2 Å². The minimum atomic E-state index is 0.677. The van der Waals surface area contributed by atoms with Gasteiger partial charge in [-0.2, -0.15) is 5.10 Å². The fourth-order valence-corrected chi connectivity index (χ4v) is 7.12. The van der Waals surface area contributed by atoms with Crippen molar-refractivity contribution in [2.45, 2.75) is 42.5 Å². The Balaban J connectivity index is 1.14. The van der Waals surface area contributed by atoms with Crippen LogP contribution < -0.4 is 4.90 Å². The van der Waals surface area contributed by atoms with Crippen molar-refractivity contribution in [2.24, 2.45) is 0 Å². The molecule has 1 aromatic heterocycles. The van der Waals surface area contributed by atoms with Gasteiger partial charge in [-0.3, -0.25) is 5.10 Å². The molecule has 3 aliphatic heterocycles. The molecule has 0 unspecified atom stereocenters. The molecule has 0 radical (unpaired) electrons. The van der Waals surface area contributed by atoms with Gasteiger partial charge in [0.2, 0.25) is 0 Å². The van der Waals surface area contributed by atoms with Gasteiger partial charge in [-0.05, 0) is 67.8 Å². The maximum Gasteiger partial charge on any atom is 0.0701 e. The fraction of sp³-hybridized carbons (Fsp3) is 0.458. The van der Waals surface area contributed by atoms with Gasteiger partial charge < -0.3 is 9.80 Å². The van der Waals surface area contributed by atoms with Gasteiger partial charge in [0.25, 0.3) is 0 Å². The van der Waals surface area contributed by atoms with Crippen molar-refractivity contribution in [1.29, 1.82) is 0 Å². The van der Waals surface area contributed by atoms with E-state index in [0.717, 1.165) is 23.0 Å². The van der Waals surface area contributed by atoms with Gasteiger partial charge in [0.1, 0.15) is 0 Å². The summed E-state index contributed by atoms with van der Waals surface area (Å²) in [6.07, 6.45) is 4.80. The van der Waals surface area contributed by atoms with Crippen LogP contribution in [0.3, 0.4) is 0 Å². The molecule has 6 heteroatoms. The Morgan fingerprint density at radius 2 is 2.17 bits per heavy atom. The molecule has 1 fully saturated rings. The Labute approximate surface area is 190 Å². The fourth-order valence-electron chi connectivity index (χ4n) is 5.72. The lowest BCUT2D eigenvalue weighted by atomic mass is 9.89. The highest BCUT2D eigenvalue weighted by atomic mass is 79.9. The molecule has 30 heavy (non-hydrogen) atoms. The van der Waals surface area contributed by atoms with Crippen LogP contribution in [0, 0.1) is 0 Å². The van der Waals surface area contributed by atoms with Crippen LogP contribution in [0.5, 0.6) is 0 Å². The molecular weight excluding hydrogens is 456 g/mol. The van der Waals surface area contributed by atoms with Crippen molar-refractivity contribution in [1.82, 2.24) is 15.1 Å². The highest BCUT2D eigenvalue weighted by Crippen LogP contribution is 2.50. The summed E-state index contributed by atoms with van der Waals surface area (Å²) in [5, 5.41) is 9.02. The minimum Gasteiger partial charge on any atom is -0.367 e. The van der Waals surface area contributed by atoms with Gasteiger partial charge in [0.15, 0.2) is 0 Å². The highest BCUT2D eigenvalue weighted by molar-refractivity contribution is 9.10. The SMILES string of the molecule is Brc1ccc2c(CCCN3CC[C@H]4[C@@H](C3)c3cccc5c3N4CCCS5)n[nH]c2c1. The van der Waals surface area contributed by atoms with E-state index in [9.17, 15) is 0 Å². The lowest BCUT2D eigenvalue weighted by molar-refractivity contribution is 0.191. The van der Waals surface area contributed by atoms with Gasteiger partial charge in [-0.1, -0.05) is 28.1 Å².